The van der Waals surface area contributed by atoms with Gasteiger partial charge in [0.25, 0.3) is 0 Å². The summed E-state index contributed by atoms with van der Waals surface area (Å²) in [5.74, 6) is 0.572. The van der Waals surface area contributed by atoms with Crippen molar-refractivity contribution in [1.29, 1.82) is 0 Å². The number of fused-ring (bicyclic) bond motifs is 1. The summed E-state index contributed by atoms with van der Waals surface area (Å²) in [5.41, 5.74) is 2.20. The predicted molar refractivity (Wildman–Crippen MR) is 103 cm³/mol. The van der Waals surface area contributed by atoms with Gasteiger partial charge in [0.15, 0.2) is 5.16 Å². The lowest BCUT2D eigenvalue weighted by Crippen LogP contribution is -2.22. The van der Waals surface area contributed by atoms with Crippen molar-refractivity contribution in [2.75, 3.05) is 12.4 Å². The van der Waals surface area contributed by atoms with Crippen molar-refractivity contribution in [3.63, 3.8) is 0 Å². The molecular weight excluding hydrogens is 381 g/mol. The molecule has 130 valence electrons. The smallest absolute Gasteiger partial charge is 0.237 e. The molecule has 0 aliphatic heterocycles. The molecule has 0 aliphatic rings. The number of carbonyl (C=O) groups is 1. The minimum atomic E-state index is -0.366. The van der Waals surface area contributed by atoms with Crippen molar-refractivity contribution >= 4 is 57.6 Å². The molecule has 0 saturated heterocycles. The predicted octanol–water partition coefficient (Wildman–Crippen LogP) is 5.00. The molecule has 0 radical (unpaired) electrons. The highest BCUT2D eigenvalue weighted by atomic mass is 35.5. The molecule has 0 saturated carbocycles. The number of methoxy groups -OCH3 is 1. The van der Waals surface area contributed by atoms with E-state index >= 15 is 0 Å². The van der Waals surface area contributed by atoms with Gasteiger partial charge in [-0.05, 0) is 37.3 Å². The lowest BCUT2D eigenvalue weighted by atomic mass is 10.3. The summed E-state index contributed by atoms with van der Waals surface area (Å²) in [6, 6.07) is 10.5. The number of ether oxygens (including phenoxy) is 1. The van der Waals surface area contributed by atoms with Gasteiger partial charge in [-0.25, -0.2) is 4.98 Å². The summed E-state index contributed by atoms with van der Waals surface area (Å²) in [6.07, 6.45) is 0. The van der Waals surface area contributed by atoms with Crippen LogP contribution in [0.15, 0.2) is 41.6 Å². The van der Waals surface area contributed by atoms with Crippen LogP contribution in [0, 0.1) is 0 Å². The number of hydrogen-bond acceptors (Lipinski definition) is 4. The van der Waals surface area contributed by atoms with Gasteiger partial charge in [0.2, 0.25) is 5.91 Å². The van der Waals surface area contributed by atoms with E-state index in [-0.39, 0.29) is 11.2 Å². The van der Waals surface area contributed by atoms with Crippen molar-refractivity contribution in [2.24, 2.45) is 0 Å². The number of imidazole rings is 1. The molecule has 2 N–H and O–H groups in total. The van der Waals surface area contributed by atoms with E-state index in [4.69, 9.17) is 27.9 Å². The number of nitrogens with one attached hydrogen (secondary N) is 2. The van der Waals surface area contributed by atoms with Gasteiger partial charge in [0, 0.05) is 11.1 Å². The average Bonchev–Trinajstić information content (AvgIpc) is 2.98. The van der Waals surface area contributed by atoms with E-state index in [9.17, 15) is 4.79 Å². The van der Waals surface area contributed by atoms with Crippen LogP contribution in [-0.4, -0.2) is 28.2 Å². The molecule has 1 unspecified atom stereocenters. The maximum absolute atomic E-state index is 12.4. The summed E-state index contributed by atoms with van der Waals surface area (Å²) in [7, 11) is 1.61. The van der Waals surface area contributed by atoms with E-state index in [0.29, 0.717) is 20.9 Å². The zero-order chi connectivity index (χ0) is 18.0. The second kappa shape index (κ2) is 7.56. The number of H-pyrrole nitrogens is 1. The Morgan fingerprint density at radius 3 is 2.80 bits per heavy atom. The molecule has 2 aromatic carbocycles. The fraction of sp³-hybridized carbons (Fsp3) is 0.176. The third-order valence-electron chi connectivity index (χ3n) is 3.51. The molecule has 0 bridgehead atoms. The van der Waals surface area contributed by atoms with Gasteiger partial charge in [-0.2, -0.15) is 0 Å². The molecule has 0 aliphatic carbocycles. The molecule has 1 amide bonds. The van der Waals surface area contributed by atoms with Crippen LogP contribution in [-0.2, 0) is 4.79 Å². The molecular formula is C17H15Cl2N3O2S. The first-order valence-corrected chi connectivity index (χ1v) is 9.06. The maximum atomic E-state index is 12.4. The number of aromatic nitrogens is 2. The molecule has 8 heteroatoms. The lowest BCUT2D eigenvalue weighted by molar-refractivity contribution is -0.115. The molecule has 1 atom stereocenters. The zero-order valence-electron chi connectivity index (χ0n) is 13.5. The summed E-state index contributed by atoms with van der Waals surface area (Å²) in [6.45, 7) is 1.80. The Morgan fingerprint density at radius 2 is 2.08 bits per heavy atom. The number of nitrogens with zero attached hydrogens (tertiary/aromatic N) is 1. The number of halogens is 2. The third-order valence-corrected chi connectivity index (χ3v) is 5.05. The monoisotopic (exact) mass is 395 g/mol. The van der Waals surface area contributed by atoms with Gasteiger partial charge in [-0.15, -0.1) is 0 Å². The van der Waals surface area contributed by atoms with Crippen LogP contribution in [0.2, 0.25) is 10.0 Å². The maximum Gasteiger partial charge on any atom is 0.237 e. The zero-order valence-corrected chi connectivity index (χ0v) is 15.8. The number of thioether (sulfide) groups is 1. The van der Waals surface area contributed by atoms with E-state index in [1.807, 2.05) is 18.2 Å². The van der Waals surface area contributed by atoms with E-state index in [2.05, 4.69) is 15.3 Å². The van der Waals surface area contributed by atoms with Gasteiger partial charge >= 0.3 is 0 Å². The van der Waals surface area contributed by atoms with Crippen molar-refractivity contribution < 1.29 is 9.53 Å². The largest absolute Gasteiger partial charge is 0.497 e. The quantitative estimate of drug-likeness (QED) is 0.596. The Labute approximate surface area is 159 Å². The number of benzene rings is 2. The molecule has 0 spiro atoms. The molecule has 3 rings (SSSR count). The number of anilines is 1. The second-order valence-electron chi connectivity index (χ2n) is 5.30. The standard InChI is InChI=1S/C17H15Cl2N3O2S/c1-9(16(23)20-13-5-3-10(18)7-12(13)19)25-17-21-14-6-4-11(24-2)8-15(14)22-17/h3-9H,1-2H3,(H,20,23)(H,21,22). The van der Waals surface area contributed by atoms with Gasteiger partial charge in [-0.3, -0.25) is 4.79 Å². The molecule has 5 nitrogen and oxygen atoms in total. The summed E-state index contributed by atoms with van der Waals surface area (Å²) in [4.78, 5) is 20.0. The fourth-order valence-corrected chi connectivity index (χ4v) is 3.47. The number of rotatable bonds is 5. The minimum absolute atomic E-state index is 0.174. The van der Waals surface area contributed by atoms with Crippen molar-refractivity contribution in [3.05, 3.63) is 46.4 Å². The van der Waals surface area contributed by atoms with E-state index < -0.39 is 0 Å². The molecule has 25 heavy (non-hydrogen) atoms. The number of amides is 1. The van der Waals surface area contributed by atoms with Crippen LogP contribution in [0.4, 0.5) is 5.69 Å². The normalized spacial score (nSPS) is 12.2. The third kappa shape index (κ3) is 4.21. The van der Waals surface area contributed by atoms with Crippen LogP contribution in [0.3, 0.4) is 0 Å². The van der Waals surface area contributed by atoms with Gasteiger partial charge < -0.3 is 15.0 Å². The lowest BCUT2D eigenvalue weighted by Gasteiger charge is -2.11. The number of hydrogen-bond donors (Lipinski definition) is 2. The SMILES string of the molecule is COc1ccc2nc(SC(C)C(=O)Nc3ccc(Cl)cc3Cl)[nH]c2c1. The van der Waals surface area contributed by atoms with Crippen LogP contribution in [0.5, 0.6) is 5.75 Å². The summed E-state index contributed by atoms with van der Waals surface area (Å²) >= 11 is 13.3. The Morgan fingerprint density at radius 1 is 1.28 bits per heavy atom. The topological polar surface area (TPSA) is 67.0 Å². The molecule has 0 fully saturated rings. The Bertz CT molecular complexity index is 929. The van der Waals surface area contributed by atoms with Crippen LogP contribution < -0.4 is 10.1 Å². The van der Waals surface area contributed by atoms with Crippen molar-refractivity contribution in [1.82, 2.24) is 9.97 Å². The first-order valence-electron chi connectivity index (χ1n) is 7.42. The minimum Gasteiger partial charge on any atom is -0.497 e. The Kier molecular flexibility index (Phi) is 5.42. The molecule has 1 aromatic heterocycles. The number of aromatic amines is 1. The van der Waals surface area contributed by atoms with Gasteiger partial charge in [0.05, 0.1) is 34.1 Å². The Hall–Kier alpha value is -1.89. The summed E-state index contributed by atoms with van der Waals surface area (Å²) < 4.78 is 5.20. The average molecular weight is 396 g/mol. The first kappa shape index (κ1) is 17.9. The van der Waals surface area contributed by atoms with Gasteiger partial charge in [-0.1, -0.05) is 35.0 Å². The van der Waals surface area contributed by atoms with Crippen LogP contribution >= 0.6 is 35.0 Å². The van der Waals surface area contributed by atoms with Gasteiger partial charge in [0.1, 0.15) is 5.75 Å². The van der Waals surface area contributed by atoms with E-state index in [0.717, 1.165) is 16.8 Å². The second-order valence-corrected chi connectivity index (χ2v) is 7.47. The summed E-state index contributed by atoms with van der Waals surface area (Å²) in [5, 5.41) is 4.01. The fourth-order valence-electron chi connectivity index (χ4n) is 2.19. The first-order chi connectivity index (χ1) is 12.0. The molecule has 1 heterocycles. The highest BCUT2D eigenvalue weighted by molar-refractivity contribution is 8.00. The van der Waals surface area contributed by atoms with E-state index in [1.165, 1.54) is 11.8 Å². The van der Waals surface area contributed by atoms with E-state index in [1.54, 1.807) is 32.2 Å². The van der Waals surface area contributed by atoms with Crippen molar-refractivity contribution in [3.8, 4) is 5.75 Å². The Balaban J connectivity index is 1.70. The van der Waals surface area contributed by atoms with Crippen LogP contribution in [0.25, 0.3) is 11.0 Å². The highest BCUT2D eigenvalue weighted by Crippen LogP contribution is 2.28. The van der Waals surface area contributed by atoms with Crippen LogP contribution in [0.1, 0.15) is 6.92 Å². The molecule has 3 aromatic rings. The van der Waals surface area contributed by atoms with Crippen molar-refractivity contribution in [2.45, 2.75) is 17.3 Å². The number of carbonyl (C=O) groups excluding carboxylic acids is 1. The highest BCUT2D eigenvalue weighted by Gasteiger charge is 2.18.